The van der Waals surface area contributed by atoms with Crippen LogP contribution in [0.2, 0.25) is 0 Å². The second-order valence-electron chi connectivity index (χ2n) is 6.82. The fourth-order valence-corrected chi connectivity index (χ4v) is 3.06. The Morgan fingerprint density at radius 3 is 2.52 bits per heavy atom. The zero-order chi connectivity index (χ0) is 22.5. The number of carbonyl (C=O) groups is 2. The number of nitro benzene ring substituents is 1. The van der Waals surface area contributed by atoms with E-state index in [2.05, 4.69) is 5.32 Å². The van der Waals surface area contributed by atoms with E-state index in [-0.39, 0.29) is 29.0 Å². The molecule has 3 aromatic rings. The number of anilines is 2. The number of nitrogens with zero attached hydrogens (tertiary/aromatic N) is 2. The molecule has 0 aliphatic rings. The van der Waals surface area contributed by atoms with E-state index in [1.807, 2.05) is 18.2 Å². The second-order valence-corrected chi connectivity index (χ2v) is 6.82. The zero-order valence-electron chi connectivity index (χ0n) is 17.2. The van der Waals surface area contributed by atoms with Crippen LogP contribution in [-0.4, -0.2) is 35.9 Å². The normalized spacial score (nSPS) is 10.4. The summed E-state index contributed by atoms with van der Waals surface area (Å²) in [6, 6.07) is 14.8. The third-order valence-corrected chi connectivity index (χ3v) is 4.61. The summed E-state index contributed by atoms with van der Waals surface area (Å²) < 4.78 is 10.2. The van der Waals surface area contributed by atoms with Crippen LogP contribution in [0.4, 0.5) is 17.1 Å². The smallest absolute Gasteiger partial charge is 0.341 e. The molecule has 0 saturated carbocycles. The lowest BCUT2D eigenvalue weighted by Crippen LogP contribution is -2.26. The van der Waals surface area contributed by atoms with Crippen molar-refractivity contribution in [3.8, 4) is 0 Å². The number of hydrogen-bond donors (Lipinski definition) is 1. The van der Waals surface area contributed by atoms with Crippen molar-refractivity contribution in [1.29, 1.82) is 0 Å². The molecule has 0 aliphatic carbocycles. The molecule has 31 heavy (non-hydrogen) atoms. The van der Waals surface area contributed by atoms with Gasteiger partial charge >= 0.3 is 5.97 Å². The number of para-hydroxylation sites is 1. The van der Waals surface area contributed by atoms with Crippen molar-refractivity contribution < 1.29 is 23.7 Å². The number of nitrogens with one attached hydrogen (secondary N) is 1. The largest absolute Gasteiger partial charge is 0.465 e. The van der Waals surface area contributed by atoms with Crippen LogP contribution < -0.4 is 5.32 Å². The minimum atomic E-state index is -0.541. The highest BCUT2D eigenvalue weighted by atomic mass is 16.6. The van der Waals surface area contributed by atoms with Gasteiger partial charge in [-0.1, -0.05) is 18.2 Å². The number of methoxy groups -OCH3 is 1. The molecule has 1 amide bonds. The first-order valence-electron chi connectivity index (χ1n) is 9.33. The fraction of sp³-hybridized carbons (Fsp3) is 0.182. The van der Waals surface area contributed by atoms with E-state index in [9.17, 15) is 19.7 Å². The van der Waals surface area contributed by atoms with Crippen molar-refractivity contribution in [3.63, 3.8) is 0 Å². The van der Waals surface area contributed by atoms with Gasteiger partial charge in [-0.15, -0.1) is 0 Å². The summed E-state index contributed by atoms with van der Waals surface area (Å²) in [5.74, 6) is -0.179. The molecule has 0 spiro atoms. The number of aryl methyl sites for hydroxylation is 1. The monoisotopic (exact) mass is 423 g/mol. The van der Waals surface area contributed by atoms with Gasteiger partial charge in [-0.05, 0) is 37.3 Å². The highest BCUT2D eigenvalue weighted by Crippen LogP contribution is 2.29. The van der Waals surface area contributed by atoms with Crippen LogP contribution >= 0.6 is 0 Å². The van der Waals surface area contributed by atoms with E-state index in [0.29, 0.717) is 17.2 Å². The number of carbonyl (C=O) groups excluding carboxylic acids is 2. The quantitative estimate of drug-likeness (QED) is 0.342. The number of rotatable bonds is 7. The Balaban J connectivity index is 1.80. The number of benzene rings is 2. The Kier molecular flexibility index (Phi) is 6.35. The number of hydrogen-bond acceptors (Lipinski definition) is 7. The Morgan fingerprint density at radius 1 is 1.16 bits per heavy atom. The van der Waals surface area contributed by atoms with Crippen molar-refractivity contribution >= 4 is 28.9 Å². The lowest BCUT2D eigenvalue weighted by Gasteiger charge is -2.16. The summed E-state index contributed by atoms with van der Waals surface area (Å²) in [5.41, 5.74) is 1.19. The first kappa shape index (κ1) is 21.6. The molecule has 0 fully saturated rings. The number of amides is 1. The number of ether oxygens (including phenoxy) is 1. The van der Waals surface area contributed by atoms with Crippen molar-refractivity contribution in [1.82, 2.24) is 4.90 Å². The molecule has 0 unspecified atom stereocenters. The van der Waals surface area contributed by atoms with Gasteiger partial charge in [0, 0.05) is 24.4 Å². The molecule has 1 heterocycles. The molecule has 0 atom stereocenters. The highest BCUT2D eigenvalue weighted by Gasteiger charge is 2.22. The average Bonchev–Trinajstić information content (AvgIpc) is 3.13. The van der Waals surface area contributed by atoms with Crippen molar-refractivity contribution in [2.45, 2.75) is 13.5 Å². The third-order valence-electron chi connectivity index (χ3n) is 4.61. The molecule has 9 heteroatoms. The number of esters is 1. The maximum absolute atomic E-state index is 12.8. The fourth-order valence-electron chi connectivity index (χ4n) is 3.06. The van der Waals surface area contributed by atoms with Crippen LogP contribution in [0.3, 0.4) is 0 Å². The van der Waals surface area contributed by atoms with Gasteiger partial charge in [0.15, 0.2) is 0 Å². The maximum Gasteiger partial charge on any atom is 0.341 e. The van der Waals surface area contributed by atoms with Crippen LogP contribution in [0.5, 0.6) is 0 Å². The van der Waals surface area contributed by atoms with Crippen LogP contribution in [0.25, 0.3) is 0 Å². The van der Waals surface area contributed by atoms with Gasteiger partial charge in [0.25, 0.3) is 11.6 Å². The van der Waals surface area contributed by atoms with E-state index >= 15 is 0 Å². The van der Waals surface area contributed by atoms with Gasteiger partial charge in [-0.2, -0.15) is 0 Å². The van der Waals surface area contributed by atoms with Crippen LogP contribution in [0.15, 0.2) is 59.0 Å². The molecule has 160 valence electrons. The predicted octanol–water partition coefficient (Wildman–Crippen LogP) is 4.30. The molecular formula is C22H21N3O6. The van der Waals surface area contributed by atoms with E-state index in [4.69, 9.17) is 9.15 Å². The van der Waals surface area contributed by atoms with Crippen LogP contribution in [0.1, 0.15) is 32.2 Å². The van der Waals surface area contributed by atoms with Gasteiger partial charge in [0.05, 0.1) is 18.6 Å². The molecule has 0 aliphatic heterocycles. The Morgan fingerprint density at radius 2 is 1.87 bits per heavy atom. The predicted molar refractivity (Wildman–Crippen MR) is 113 cm³/mol. The summed E-state index contributed by atoms with van der Waals surface area (Å²) >= 11 is 0. The van der Waals surface area contributed by atoms with Crippen molar-refractivity contribution in [3.05, 3.63) is 87.4 Å². The molecular weight excluding hydrogens is 402 g/mol. The first-order valence-corrected chi connectivity index (χ1v) is 9.33. The van der Waals surface area contributed by atoms with Gasteiger partial charge in [0.1, 0.15) is 22.8 Å². The van der Waals surface area contributed by atoms with E-state index < -0.39 is 16.8 Å². The Labute approximate surface area is 178 Å². The Hall–Kier alpha value is -4.14. The molecule has 1 aromatic heterocycles. The van der Waals surface area contributed by atoms with Crippen molar-refractivity contribution in [2.24, 2.45) is 0 Å². The average molecular weight is 423 g/mol. The molecule has 9 nitrogen and oxygen atoms in total. The minimum Gasteiger partial charge on any atom is -0.465 e. The summed E-state index contributed by atoms with van der Waals surface area (Å²) in [6.45, 7) is 1.70. The SMILES string of the molecule is COC(=O)c1cc(CN(C)C(=O)c2ccc(Nc3ccccc3)c([N+](=O)[O-])c2)oc1C. The summed E-state index contributed by atoms with van der Waals surface area (Å²) in [5, 5.41) is 14.6. The van der Waals surface area contributed by atoms with E-state index in [1.54, 1.807) is 26.1 Å². The van der Waals surface area contributed by atoms with E-state index in [1.165, 1.54) is 36.3 Å². The summed E-state index contributed by atoms with van der Waals surface area (Å²) in [6.07, 6.45) is 0. The molecule has 0 saturated heterocycles. The minimum absolute atomic E-state index is 0.0779. The topological polar surface area (TPSA) is 115 Å². The van der Waals surface area contributed by atoms with Gasteiger partial charge in [-0.25, -0.2) is 4.79 Å². The van der Waals surface area contributed by atoms with E-state index in [0.717, 1.165) is 0 Å². The van der Waals surface area contributed by atoms with Crippen molar-refractivity contribution in [2.75, 3.05) is 19.5 Å². The third kappa shape index (κ3) is 4.89. The standard InChI is InChI=1S/C22H21N3O6/c1-14-18(22(27)30-3)12-17(31-14)13-24(2)21(26)15-9-10-19(20(11-15)25(28)29)23-16-7-5-4-6-8-16/h4-12,23H,13H2,1-3H3. The molecule has 0 bridgehead atoms. The molecule has 2 aromatic carbocycles. The first-order chi connectivity index (χ1) is 14.8. The van der Waals surface area contributed by atoms with Crippen LogP contribution in [0, 0.1) is 17.0 Å². The summed E-state index contributed by atoms with van der Waals surface area (Å²) in [4.78, 5) is 36.9. The van der Waals surface area contributed by atoms with Crippen LogP contribution in [-0.2, 0) is 11.3 Å². The second kappa shape index (κ2) is 9.12. The number of furan rings is 1. The molecule has 3 rings (SSSR count). The molecule has 0 radical (unpaired) electrons. The highest BCUT2D eigenvalue weighted by molar-refractivity contribution is 5.96. The zero-order valence-corrected chi connectivity index (χ0v) is 17.2. The van der Waals surface area contributed by atoms with Gasteiger partial charge in [0.2, 0.25) is 0 Å². The Bertz CT molecular complexity index is 1120. The summed E-state index contributed by atoms with van der Waals surface area (Å²) in [7, 11) is 2.81. The number of nitro groups is 1. The van der Waals surface area contributed by atoms with Gasteiger partial charge in [-0.3, -0.25) is 14.9 Å². The van der Waals surface area contributed by atoms with Gasteiger partial charge < -0.3 is 19.4 Å². The molecule has 1 N–H and O–H groups in total. The lowest BCUT2D eigenvalue weighted by atomic mass is 10.1. The lowest BCUT2D eigenvalue weighted by molar-refractivity contribution is -0.383. The maximum atomic E-state index is 12.8.